The van der Waals surface area contributed by atoms with Crippen LogP contribution in [0.2, 0.25) is 0 Å². The van der Waals surface area contributed by atoms with E-state index in [1.165, 1.54) is 6.07 Å². The molecule has 2 amide bonds. The molecule has 0 unspecified atom stereocenters. The molecule has 3 N–H and O–H groups in total. The van der Waals surface area contributed by atoms with Gasteiger partial charge in [-0.15, -0.1) is 0 Å². The van der Waals surface area contributed by atoms with Crippen LogP contribution >= 0.6 is 11.9 Å². The van der Waals surface area contributed by atoms with E-state index in [-0.39, 0.29) is 0 Å². The van der Waals surface area contributed by atoms with Gasteiger partial charge in [-0.3, -0.25) is 9.71 Å². The van der Waals surface area contributed by atoms with Crippen LogP contribution in [0.5, 0.6) is 0 Å². The molecule has 1 rings (SSSR count). The molecule has 0 aromatic carbocycles. The predicted octanol–water partition coefficient (Wildman–Crippen LogP) is 1.78. The first-order valence-corrected chi connectivity index (χ1v) is 4.47. The Kier molecular flexibility index (Phi) is 3.40. The second-order valence-corrected chi connectivity index (χ2v) is 3.32. The van der Waals surface area contributed by atoms with Crippen LogP contribution < -0.4 is 10.5 Å². The fourth-order valence-corrected chi connectivity index (χ4v) is 1.18. The molecule has 1 aromatic heterocycles. The van der Waals surface area contributed by atoms with Crippen molar-refractivity contribution >= 4 is 18.0 Å². The largest absolute Gasteiger partial charge is 0.433 e. The molecule has 0 saturated heterocycles. The number of nitrogens with zero attached hydrogens (tertiary/aromatic N) is 1. The van der Waals surface area contributed by atoms with E-state index in [9.17, 15) is 18.0 Å². The average molecular weight is 237 g/mol. The Balaban J connectivity index is 2.69. The van der Waals surface area contributed by atoms with E-state index >= 15 is 0 Å². The number of pyridine rings is 1. The normalized spacial score (nSPS) is 11.1. The fourth-order valence-electron chi connectivity index (χ4n) is 0.718. The van der Waals surface area contributed by atoms with E-state index in [1.807, 2.05) is 0 Å². The molecule has 0 bridgehead atoms. The van der Waals surface area contributed by atoms with Gasteiger partial charge in [-0.25, -0.2) is 4.79 Å². The van der Waals surface area contributed by atoms with Gasteiger partial charge in [0.05, 0.1) is 0 Å². The quantitative estimate of drug-likeness (QED) is 0.770. The summed E-state index contributed by atoms with van der Waals surface area (Å²) in [6, 6.07) is 1.24. The number of rotatable bonds is 2. The van der Waals surface area contributed by atoms with Gasteiger partial charge in [-0.05, 0) is 24.1 Å². The first kappa shape index (κ1) is 11.6. The number of carbonyl (C=O) groups excluding carboxylic acids is 1. The molecule has 0 fully saturated rings. The lowest BCUT2D eigenvalue weighted by Crippen LogP contribution is -2.22. The lowest BCUT2D eigenvalue weighted by atomic mass is 10.3. The van der Waals surface area contributed by atoms with Crippen molar-refractivity contribution in [2.45, 2.75) is 11.1 Å². The van der Waals surface area contributed by atoms with Gasteiger partial charge in [0.25, 0.3) is 0 Å². The topological polar surface area (TPSA) is 68.0 Å². The van der Waals surface area contributed by atoms with Crippen molar-refractivity contribution in [1.29, 1.82) is 0 Å². The van der Waals surface area contributed by atoms with E-state index in [1.54, 1.807) is 0 Å². The number of nitrogens with two attached hydrogens (primary N) is 1. The van der Waals surface area contributed by atoms with Crippen molar-refractivity contribution in [3.8, 4) is 0 Å². The maximum atomic E-state index is 12.1. The molecule has 82 valence electrons. The number of alkyl halides is 3. The summed E-state index contributed by atoms with van der Waals surface area (Å²) in [7, 11) is 0. The molecular weight excluding hydrogens is 231 g/mol. The number of halogens is 3. The van der Waals surface area contributed by atoms with Crippen LogP contribution in [0.3, 0.4) is 0 Å². The summed E-state index contributed by atoms with van der Waals surface area (Å²) in [5.74, 6) is 0. The molecule has 8 heteroatoms. The number of hydrogen-bond donors (Lipinski definition) is 2. The molecule has 1 heterocycles. The zero-order valence-corrected chi connectivity index (χ0v) is 8.02. The van der Waals surface area contributed by atoms with E-state index in [0.717, 1.165) is 24.2 Å². The molecule has 0 saturated carbocycles. The predicted molar refractivity (Wildman–Crippen MR) is 47.8 cm³/mol. The second kappa shape index (κ2) is 4.39. The molecule has 0 aliphatic rings. The molecule has 0 atom stereocenters. The summed E-state index contributed by atoms with van der Waals surface area (Å²) in [6.07, 6.45) is -3.45. The van der Waals surface area contributed by atoms with Gasteiger partial charge in [0.2, 0.25) is 0 Å². The lowest BCUT2D eigenvalue weighted by Gasteiger charge is -2.05. The van der Waals surface area contributed by atoms with Crippen LogP contribution in [0.4, 0.5) is 18.0 Å². The third-order valence-corrected chi connectivity index (χ3v) is 2.08. The Morgan fingerprint density at radius 2 is 2.13 bits per heavy atom. The van der Waals surface area contributed by atoms with Gasteiger partial charge in [-0.1, -0.05) is 0 Å². The number of nitrogens with one attached hydrogen (secondary N) is 1. The Hall–Kier alpha value is -1.44. The van der Waals surface area contributed by atoms with E-state index in [4.69, 9.17) is 5.73 Å². The lowest BCUT2D eigenvalue weighted by molar-refractivity contribution is -0.141. The highest BCUT2D eigenvalue weighted by Crippen LogP contribution is 2.28. The first-order chi connectivity index (χ1) is 6.89. The van der Waals surface area contributed by atoms with Crippen molar-refractivity contribution < 1.29 is 18.0 Å². The van der Waals surface area contributed by atoms with Crippen molar-refractivity contribution in [3.63, 3.8) is 0 Å². The van der Waals surface area contributed by atoms with Crippen LogP contribution in [-0.4, -0.2) is 11.0 Å². The van der Waals surface area contributed by atoms with Crippen LogP contribution in [-0.2, 0) is 6.18 Å². The molecule has 0 aliphatic heterocycles. The summed E-state index contributed by atoms with van der Waals surface area (Å²) in [5, 5.41) is 0. The van der Waals surface area contributed by atoms with E-state index in [0.29, 0.717) is 4.90 Å². The van der Waals surface area contributed by atoms with Gasteiger partial charge >= 0.3 is 12.2 Å². The molecule has 4 nitrogen and oxygen atoms in total. The van der Waals surface area contributed by atoms with Gasteiger partial charge < -0.3 is 5.73 Å². The number of primary amides is 1. The number of amides is 2. The summed E-state index contributed by atoms with van der Waals surface area (Å²) in [4.78, 5) is 13.8. The summed E-state index contributed by atoms with van der Waals surface area (Å²) in [5.41, 5.74) is 3.79. The minimum atomic E-state index is -4.46. The molecular formula is C7H6F3N3OS. The molecule has 0 spiro atoms. The van der Waals surface area contributed by atoms with Crippen LogP contribution in [0.15, 0.2) is 23.2 Å². The van der Waals surface area contributed by atoms with Gasteiger partial charge in [0.15, 0.2) is 0 Å². The van der Waals surface area contributed by atoms with Gasteiger partial charge in [-0.2, -0.15) is 13.2 Å². The minimum Gasteiger partial charge on any atom is -0.351 e. The number of urea groups is 1. The molecule has 15 heavy (non-hydrogen) atoms. The highest BCUT2D eigenvalue weighted by molar-refractivity contribution is 7.98. The monoisotopic (exact) mass is 237 g/mol. The van der Waals surface area contributed by atoms with Crippen LogP contribution in [0.1, 0.15) is 5.69 Å². The third kappa shape index (κ3) is 3.66. The van der Waals surface area contributed by atoms with Crippen molar-refractivity contribution in [1.82, 2.24) is 9.71 Å². The Morgan fingerprint density at radius 1 is 1.47 bits per heavy atom. The van der Waals surface area contributed by atoms with Crippen LogP contribution in [0, 0.1) is 0 Å². The molecule has 1 aromatic rings. The molecule has 0 radical (unpaired) electrons. The highest BCUT2D eigenvalue weighted by atomic mass is 32.2. The maximum Gasteiger partial charge on any atom is 0.433 e. The Morgan fingerprint density at radius 3 is 2.53 bits per heavy atom. The van der Waals surface area contributed by atoms with Crippen LogP contribution in [0.25, 0.3) is 0 Å². The Labute approximate surface area is 87.2 Å². The zero-order chi connectivity index (χ0) is 11.5. The van der Waals surface area contributed by atoms with E-state index in [2.05, 4.69) is 9.71 Å². The molecule has 0 aliphatic carbocycles. The minimum absolute atomic E-state index is 0.363. The van der Waals surface area contributed by atoms with Crippen molar-refractivity contribution in [2.24, 2.45) is 5.73 Å². The Bertz CT molecular complexity index is 351. The van der Waals surface area contributed by atoms with E-state index < -0.39 is 17.9 Å². The summed E-state index contributed by atoms with van der Waals surface area (Å²) in [6.45, 7) is 0. The third-order valence-electron chi connectivity index (χ3n) is 1.30. The van der Waals surface area contributed by atoms with Crippen molar-refractivity contribution in [2.75, 3.05) is 0 Å². The highest BCUT2D eigenvalue weighted by Gasteiger charge is 2.31. The first-order valence-electron chi connectivity index (χ1n) is 3.65. The number of carbonyl (C=O) groups is 1. The van der Waals surface area contributed by atoms with Gasteiger partial charge in [0, 0.05) is 11.1 Å². The second-order valence-electron chi connectivity index (χ2n) is 2.45. The van der Waals surface area contributed by atoms with Gasteiger partial charge in [0.1, 0.15) is 5.69 Å². The maximum absolute atomic E-state index is 12.1. The standard InChI is InChI=1S/C7H6F3N3OS/c8-7(9,10)5-2-1-4(3-12-5)15-13-6(11)14/h1-3H,(H3,11,13,14). The summed E-state index contributed by atoms with van der Waals surface area (Å²) < 4.78 is 38.4. The SMILES string of the molecule is NC(=O)NSc1ccc(C(F)(F)F)nc1. The average Bonchev–Trinajstić information content (AvgIpc) is 2.14. The number of aromatic nitrogens is 1. The number of hydrogen-bond acceptors (Lipinski definition) is 3. The smallest absolute Gasteiger partial charge is 0.351 e. The summed E-state index contributed by atoms with van der Waals surface area (Å²) >= 11 is 0.793. The van der Waals surface area contributed by atoms with Crippen molar-refractivity contribution in [3.05, 3.63) is 24.0 Å². The zero-order valence-electron chi connectivity index (χ0n) is 7.21. The fraction of sp³-hybridized carbons (Fsp3) is 0.143.